The van der Waals surface area contributed by atoms with Gasteiger partial charge >= 0.3 is 0 Å². The van der Waals surface area contributed by atoms with E-state index in [0.29, 0.717) is 34.4 Å². The fraction of sp³-hybridized carbons (Fsp3) is 0.462. The minimum atomic E-state index is -0.121. The smallest absolute Gasteiger partial charge is 0.265 e. The lowest BCUT2D eigenvalue weighted by atomic mass is 10.4. The first kappa shape index (κ1) is 14.3. The summed E-state index contributed by atoms with van der Waals surface area (Å²) in [6.07, 6.45) is 2.33. The summed E-state index contributed by atoms with van der Waals surface area (Å²) < 4.78 is 7.73. The van der Waals surface area contributed by atoms with Crippen LogP contribution in [0.4, 0.5) is 0 Å². The van der Waals surface area contributed by atoms with Crippen LogP contribution in [-0.2, 0) is 6.54 Å². The van der Waals surface area contributed by atoms with Gasteiger partial charge in [0.2, 0.25) is 0 Å². The SMILES string of the molecule is COc1ccsc1C(=O)NCCn1c(C2CC2)n[nH]c1=S. The van der Waals surface area contributed by atoms with Gasteiger partial charge in [-0.25, -0.2) is 0 Å². The second kappa shape index (κ2) is 5.98. The first-order chi connectivity index (χ1) is 10.2. The number of carbonyl (C=O) groups is 1. The number of carbonyl (C=O) groups excluding carboxylic acids is 1. The monoisotopic (exact) mass is 324 g/mol. The summed E-state index contributed by atoms with van der Waals surface area (Å²) in [7, 11) is 1.56. The molecule has 3 rings (SSSR count). The molecule has 0 radical (unpaired) electrons. The standard InChI is InChI=1S/C13H16N4O2S2/c1-19-9-4-7-21-10(9)12(18)14-5-6-17-11(8-2-3-8)15-16-13(17)20/h4,7-8H,2-3,5-6H2,1H3,(H,14,18)(H,16,20). The fourth-order valence-electron chi connectivity index (χ4n) is 2.18. The molecule has 112 valence electrons. The summed E-state index contributed by atoms with van der Waals surface area (Å²) in [5, 5.41) is 11.8. The van der Waals surface area contributed by atoms with E-state index in [1.54, 1.807) is 13.2 Å². The van der Waals surface area contributed by atoms with Crippen molar-refractivity contribution >= 4 is 29.5 Å². The van der Waals surface area contributed by atoms with Crippen molar-refractivity contribution in [1.29, 1.82) is 0 Å². The summed E-state index contributed by atoms with van der Waals surface area (Å²) in [4.78, 5) is 12.7. The molecule has 8 heteroatoms. The van der Waals surface area contributed by atoms with Crippen molar-refractivity contribution < 1.29 is 9.53 Å². The van der Waals surface area contributed by atoms with Crippen molar-refractivity contribution in [2.45, 2.75) is 25.3 Å². The molecular formula is C13H16N4O2S2. The van der Waals surface area contributed by atoms with Gasteiger partial charge < -0.3 is 14.6 Å². The number of rotatable bonds is 6. The van der Waals surface area contributed by atoms with E-state index in [1.807, 2.05) is 9.95 Å². The van der Waals surface area contributed by atoms with Crippen LogP contribution in [0.3, 0.4) is 0 Å². The number of methoxy groups -OCH3 is 1. The first-order valence-corrected chi connectivity index (χ1v) is 8.04. The predicted molar refractivity (Wildman–Crippen MR) is 82.6 cm³/mol. The molecule has 1 aliphatic carbocycles. The van der Waals surface area contributed by atoms with Gasteiger partial charge in [0.05, 0.1) is 7.11 Å². The molecule has 1 amide bonds. The molecule has 0 bridgehead atoms. The number of thiophene rings is 1. The zero-order valence-corrected chi connectivity index (χ0v) is 13.2. The topological polar surface area (TPSA) is 71.9 Å². The van der Waals surface area contributed by atoms with Gasteiger partial charge in [-0.1, -0.05) is 0 Å². The molecule has 2 aromatic rings. The summed E-state index contributed by atoms with van der Waals surface area (Å²) in [5.74, 6) is 2.01. The molecule has 1 aliphatic rings. The zero-order valence-electron chi connectivity index (χ0n) is 11.6. The number of hydrogen-bond acceptors (Lipinski definition) is 5. The Balaban J connectivity index is 1.60. The molecule has 0 unspecified atom stereocenters. The highest BCUT2D eigenvalue weighted by molar-refractivity contribution is 7.71. The summed E-state index contributed by atoms with van der Waals surface area (Å²) in [6.45, 7) is 1.13. The van der Waals surface area contributed by atoms with Gasteiger partial charge in [-0.3, -0.25) is 9.89 Å². The van der Waals surface area contributed by atoms with E-state index in [2.05, 4.69) is 15.5 Å². The first-order valence-electron chi connectivity index (χ1n) is 6.75. The molecule has 0 atom stereocenters. The number of nitrogens with one attached hydrogen (secondary N) is 2. The predicted octanol–water partition coefficient (Wildman–Crippen LogP) is 2.32. The van der Waals surface area contributed by atoms with Gasteiger partial charge in [0, 0.05) is 19.0 Å². The number of ether oxygens (including phenoxy) is 1. The highest BCUT2D eigenvalue weighted by atomic mass is 32.1. The third-order valence-corrected chi connectivity index (χ3v) is 4.61. The van der Waals surface area contributed by atoms with Crippen molar-refractivity contribution in [3.8, 4) is 5.75 Å². The summed E-state index contributed by atoms with van der Waals surface area (Å²) in [6, 6.07) is 1.79. The minimum Gasteiger partial charge on any atom is -0.495 e. The van der Waals surface area contributed by atoms with Gasteiger partial charge in [0.25, 0.3) is 5.91 Å². The Morgan fingerprint density at radius 3 is 3.19 bits per heavy atom. The van der Waals surface area contributed by atoms with Crippen molar-refractivity contribution in [2.24, 2.45) is 0 Å². The lowest BCUT2D eigenvalue weighted by Gasteiger charge is -2.08. The Morgan fingerprint density at radius 2 is 2.48 bits per heavy atom. The van der Waals surface area contributed by atoms with E-state index in [0.717, 1.165) is 5.82 Å². The molecule has 0 spiro atoms. The van der Waals surface area contributed by atoms with Crippen molar-refractivity contribution in [2.75, 3.05) is 13.7 Å². The number of hydrogen-bond donors (Lipinski definition) is 2. The van der Waals surface area contributed by atoms with E-state index in [9.17, 15) is 4.79 Å². The zero-order chi connectivity index (χ0) is 14.8. The van der Waals surface area contributed by atoms with Crippen molar-refractivity contribution in [3.63, 3.8) is 0 Å². The maximum absolute atomic E-state index is 12.1. The van der Waals surface area contributed by atoms with Crippen LogP contribution >= 0.6 is 23.6 Å². The third-order valence-electron chi connectivity index (χ3n) is 3.41. The van der Waals surface area contributed by atoms with Gasteiger partial charge in [0.15, 0.2) is 4.77 Å². The number of H-pyrrole nitrogens is 1. The minimum absolute atomic E-state index is 0.121. The van der Waals surface area contributed by atoms with E-state index in [-0.39, 0.29) is 5.91 Å². The maximum atomic E-state index is 12.1. The molecule has 21 heavy (non-hydrogen) atoms. The fourth-order valence-corrected chi connectivity index (χ4v) is 3.19. The van der Waals surface area contributed by atoms with Crippen LogP contribution in [-0.4, -0.2) is 34.3 Å². The molecule has 0 saturated heterocycles. The molecule has 2 aromatic heterocycles. The molecule has 1 saturated carbocycles. The highest BCUT2D eigenvalue weighted by Gasteiger charge is 2.28. The Bertz CT molecular complexity index is 699. The number of amides is 1. The summed E-state index contributed by atoms with van der Waals surface area (Å²) >= 11 is 6.60. The van der Waals surface area contributed by atoms with Crippen molar-refractivity contribution in [1.82, 2.24) is 20.1 Å². The molecule has 6 nitrogen and oxygen atoms in total. The Labute approximate surface area is 131 Å². The van der Waals surface area contributed by atoms with E-state index in [1.165, 1.54) is 24.2 Å². The van der Waals surface area contributed by atoms with Crippen LogP contribution in [0.5, 0.6) is 5.75 Å². The quantitative estimate of drug-likeness (QED) is 0.800. The second-order valence-corrected chi connectivity index (χ2v) is 6.19. The Kier molecular flexibility index (Phi) is 4.07. The van der Waals surface area contributed by atoms with Crippen molar-refractivity contribution in [3.05, 3.63) is 26.9 Å². The lowest BCUT2D eigenvalue weighted by molar-refractivity contribution is 0.0953. The van der Waals surface area contributed by atoms with Gasteiger partial charge in [0.1, 0.15) is 16.5 Å². The number of aromatic nitrogens is 3. The maximum Gasteiger partial charge on any atom is 0.265 e. The molecule has 0 aliphatic heterocycles. The van der Waals surface area contributed by atoms with Gasteiger partial charge in [-0.2, -0.15) is 5.10 Å². The van der Waals surface area contributed by atoms with Crippen LogP contribution < -0.4 is 10.1 Å². The van der Waals surface area contributed by atoms with E-state index in [4.69, 9.17) is 17.0 Å². The van der Waals surface area contributed by atoms with Crippen LogP contribution in [0.25, 0.3) is 0 Å². The normalized spacial score (nSPS) is 14.1. The van der Waals surface area contributed by atoms with Gasteiger partial charge in [-0.05, 0) is 36.5 Å². The highest BCUT2D eigenvalue weighted by Crippen LogP contribution is 2.38. The number of nitrogens with zero attached hydrogens (tertiary/aromatic N) is 2. The molecular weight excluding hydrogens is 308 g/mol. The van der Waals surface area contributed by atoms with E-state index >= 15 is 0 Å². The average molecular weight is 324 g/mol. The van der Waals surface area contributed by atoms with Crippen LogP contribution in [0.15, 0.2) is 11.4 Å². The van der Waals surface area contributed by atoms with Crippen LogP contribution in [0.1, 0.15) is 34.3 Å². The molecule has 1 fully saturated rings. The summed E-state index contributed by atoms with van der Waals surface area (Å²) in [5.41, 5.74) is 0. The third kappa shape index (κ3) is 3.01. The number of aromatic amines is 1. The van der Waals surface area contributed by atoms with Gasteiger partial charge in [-0.15, -0.1) is 11.3 Å². The molecule has 0 aromatic carbocycles. The molecule has 2 heterocycles. The largest absolute Gasteiger partial charge is 0.495 e. The Hall–Kier alpha value is -1.67. The average Bonchev–Trinajstić information content (AvgIpc) is 3.09. The lowest BCUT2D eigenvalue weighted by Crippen LogP contribution is -2.27. The van der Waals surface area contributed by atoms with E-state index < -0.39 is 0 Å². The second-order valence-electron chi connectivity index (χ2n) is 4.89. The van der Waals surface area contributed by atoms with Crippen LogP contribution in [0.2, 0.25) is 0 Å². The Morgan fingerprint density at radius 1 is 1.67 bits per heavy atom. The van der Waals surface area contributed by atoms with Crippen LogP contribution in [0, 0.1) is 4.77 Å². The molecule has 2 N–H and O–H groups in total.